The Kier molecular flexibility index (Phi) is 4.42. The Morgan fingerprint density at radius 1 is 1.20 bits per heavy atom. The lowest BCUT2D eigenvalue weighted by Crippen LogP contribution is -2.40. The molecule has 1 heterocycles. The van der Waals surface area contributed by atoms with Crippen LogP contribution in [-0.2, 0) is 6.42 Å². The van der Waals surface area contributed by atoms with E-state index in [4.69, 9.17) is 0 Å². The molecule has 1 aliphatic heterocycles. The summed E-state index contributed by atoms with van der Waals surface area (Å²) in [5, 5.41) is 3.93. The minimum atomic E-state index is 0.373. The van der Waals surface area contributed by atoms with E-state index in [0.29, 0.717) is 11.5 Å². The van der Waals surface area contributed by atoms with Crippen molar-refractivity contribution in [2.24, 2.45) is 11.3 Å². The molecule has 1 unspecified atom stereocenters. The number of rotatable bonds is 3. The van der Waals surface area contributed by atoms with Crippen molar-refractivity contribution in [3.63, 3.8) is 0 Å². The van der Waals surface area contributed by atoms with Gasteiger partial charge in [-0.15, -0.1) is 0 Å². The van der Waals surface area contributed by atoms with E-state index in [2.05, 4.69) is 55.2 Å². The first-order chi connectivity index (χ1) is 9.67. The average Bonchev–Trinajstić information content (AvgIpc) is 2.47. The van der Waals surface area contributed by atoms with Gasteiger partial charge in [0.15, 0.2) is 0 Å². The van der Waals surface area contributed by atoms with E-state index < -0.39 is 0 Å². The molecule has 3 rings (SSSR count). The molecule has 1 atom stereocenters. The molecule has 2 heteroatoms. The normalized spacial score (nSPS) is 26.2. The van der Waals surface area contributed by atoms with Crippen molar-refractivity contribution in [3.8, 4) is 0 Å². The molecule has 1 aromatic carbocycles. The summed E-state index contributed by atoms with van der Waals surface area (Å²) in [6.45, 7) is 6.05. The highest BCUT2D eigenvalue weighted by Crippen LogP contribution is 2.43. The van der Waals surface area contributed by atoms with Crippen LogP contribution in [-0.4, -0.2) is 18.1 Å². The SMILES string of the molecule is CC1(C)CCc2ccccc2C1NCC1CCSCC1. The second-order valence-electron chi connectivity index (χ2n) is 7.08. The second-order valence-corrected chi connectivity index (χ2v) is 8.31. The van der Waals surface area contributed by atoms with Gasteiger partial charge in [-0.3, -0.25) is 0 Å². The highest BCUT2D eigenvalue weighted by Gasteiger charge is 2.35. The first kappa shape index (κ1) is 14.5. The Bertz CT molecular complexity index is 448. The third-order valence-electron chi connectivity index (χ3n) is 5.14. The first-order valence-electron chi connectivity index (χ1n) is 8.06. The summed E-state index contributed by atoms with van der Waals surface area (Å²) >= 11 is 2.12. The molecule has 0 aromatic heterocycles. The van der Waals surface area contributed by atoms with Gasteiger partial charge in [0.1, 0.15) is 0 Å². The van der Waals surface area contributed by atoms with Crippen LogP contribution in [0, 0.1) is 11.3 Å². The molecule has 1 aromatic rings. The smallest absolute Gasteiger partial charge is 0.0374 e. The fourth-order valence-electron chi connectivity index (χ4n) is 3.69. The molecule has 0 saturated carbocycles. The summed E-state index contributed by atoms with van der Waals surface area (Å²) in [6, 6.07) is 9.57. The molecular weight excluding hydrogens is 262 g/mol. The van der Waals surface area contributed by atoms with Gasteiger partial charge in [-0.2, -0.15) is 11.8 Å². The van der Waals surface area contributed by atoms with Gasteiger partial charge in [-0.25, -0.2) is 0 Å². The average molecular weight is 289 g/mol. The molecule has 110 valence electrons. The number of hydrogen-bond acceptors (Lipinski definition) is 2. The molecule has 0 amide bonds. The van der Waals surface area contributed by atoms with E-state index in [1.54, 1.807) is 11.1 Å². The van der Waals surface area contributed by atoms with Crippen molar-refractivity contribution in [2.75, 3.05) is 18.1 Å². The molecule has 0 spiro atoms. The third kappa shape index (κ3) is 3.07. The molecule has 1 saturated heterocycles. The first-order valence-corrected chi connectivity index (χ1v) is 9.21. The Labute approximate surface area is 127 Å². The molecule has 1 N–H and O–H groups in total. The van der Waals surface area contributed by atoms with Gasteiger partial charge in [0.2, 0.25) is 0 Å². The molecule has 1 aliphatic carbocycles. The summed E-state index contributed by atoms with van der Waals surface area (Å²) < 4.78 is 0. The zero-order valence-electron chi connectivity index (χ0n) is 12.8. The van der Waals surface area contributed by atoms with E-state index in [9.17, 15) is 0 Å². The van der Waals surface area contributed by atoms with Gasteiger partial charge in [-0.05, 0) is 66.2 Å². The minimum absolute atomic E-state index is 0.373. The summed E-state index contributed by atoms with van der Waals surface area (Å²) in [5.41, 5.74) is 3.48. The molecule has 1 fully saturated rings. The largest absolute Gasteiger partial charge is 0.309 e. The van der Waals surface area contributed by atoms with Crippen LogP contribution in [0.4, 0.5) is 0 Å². The van der Waals surface area contributed by atoms with E-state index in [0.717, 1.165) is 5.92 Å². The Morgan fingerprint density at radius 3 is 2.75 bits per heavy atom. The number of aryl methyl sites for hydroxylation is 1. The van der Waals surface area contributed by atoms with Gasteiger partial charge in [0, 0.05) is 6.04 Å². The van der Waals surface area contributed by atoms with Crippen molar-refractivity contribution < 1.29 is 0 Å². The zero-order valence-corrected chi connectivity index (χ0v) is 13.6. The Morgan fingerprint density at radius 2 is 1.95 bits per heavy atom. The summed E-state index contributed by atoms with van der Waals surface area (Å²) in [5.74, 6) is 3.61. The lowest BCUT2D eigenvalue weighted by atomic mass is 9.70. The maximum absolute atomic E-state index is 3.93. The predicted molar refractivity (Wildman–Crippen MR) is 89.3 cm³/mol. The van der Waals surface area contributed by atoms with Gasteiger partial charge >= 0.3 is 0 Å². The quantitative estimate of drug-likeness (QED) is 0.883. The van der Waals surface area contributed by atoms with Crippen LogP contribution >= 0.6 is 11.8 Å². The Hall–Kier alpha value is -0.470. The number of nitrogens with one attached hydrogen (secondary N) is 1. The summed E-state index contributed by atoms with van der Waals surface area (Å²) in [4.78, 5) is 0. The van der Waals surface area contributed by atoms with Crippen molar-refractivity contribution in [2.45, 2.75) is 45.6 Å². The van der Waals surface area contributed by atoms with Crippen LogP contribution in [0.5, 0.6) is 0 Å². The number of thioether (sulfide) groups is 1. The molecular formula is C18H27NS. The fourth-order valence-corrected chi connectivity index (χ4v) is 4.89. The van der Waals surface area contributed by atoms with Crippen LogP contribution in [0.1, 0.15) is 50.3 Å². The highest BCUT2D eigenvalue weighted by molar-refractivity contribution is 7.99. The summed E-state index contributed by atoms with van der Waals surface area (Å²) in [7, 11) is 0. The van der Waals surface area contributed by atoms with Gasteiger partial charge in [0.25, 0.3) is 0 Å². The van der Waals surface area contributed by atoms with Crippen LogP contribution < -0.4 is 5.32 Å². The van der Waals surface area contributed by atoms with Crippen molar-refractivity contribution in [3.05, 3.63) is 35.4 Å². The van der Waals surface area contributed by atoms with Crippen LogP contribution in [0.3, 0.4) is 0 Å². The number of hydrogen-bond donors (Lipinski definition) is 1. The summed E-state index contributed by atoms with van der Waals surface area (Å²) in [6.07, 6.45) is 5.32. The molecule has 20 heavy (non-hydrogen) atoms. The lowest BCUT2D eigenvalue weighted by molar-refractivity contribution is 0.200. The van der Waals surface area contributed by atoms with Gasteiger partial charge in [-0.1, -0.05) is 38.1 Å². The van der Waals surface area contributed by atoms with Gasteiger partial charge in [0.05, 0.1) is 0 Å². The van der Waals surface area contributed by atoms with E-state index in [1.165, 1.54) is 43.7 Å². The van der Waals surface area contributed by atoms with Crippen LogP contribution in [0.25, 0.3) is 0 Å². The second kappa shape index (κ2) is 6.11. The molecule has 0 bridgehead atoms. The Balaban J connectivity index is 1.72. The number of benzene rings is 1. The molecule has 1 nitrogen and oxygen atoms in total. The lowest BCUT2D eigenvalue weighted by Gasteiger charge is -2.41. The monoisotopic (exact) mass is 289 g/mol. The maximum atomic E-state index is 3.93. The van der Waals surface area contributed by atoms with Crippen LogP contribution in [0.15, 0.2) is 24.3 Å². The van der Waals surface area contributed by atoms with Crippen molar-refractivity contribution >= 4 is 11.8 Å². The predicted octanol–water partition coefficient (Wildman–Crippen LogP) is 4.43. The highest BCUT2D eigenvalue weighted by atomic mass is 32.2. The van der Waals surface area contributed by atoms with Crippen molar-refractivity contribution in [1.29, 1.82) is 0 Å². The number of fused-ring (bicyclic) bond motifs is 1. The van der Waals surface area contributed by atoms with E-state index >= 15 is 0 Å². The standard InChI is InChI=1S/C18H27NS/c1-18(2)10-7-15-5-3-4-6-16(15)17(18)19-13-14-8-11-20-12-9-14/h3-6,14,17,19H,7-13H2,1-2H3. The molecule has 0 radical (unpaired) electrons. The minimum Gasteiger partial charge on any atom is -0.309 e. The maximum Gasteiger partial charge on any atom is 0.0374 e. The van der Waals surface area contributed by atoms with Crippen molar-refractivity contribution in [1.82, 2.24) is 5.32 Å². The topological polar surface area (TPSA) is 12.0 Å². The third-order valence-corrected chi connectivity index (χ3v) is 6.19. The van der Waals surface area contributed by atoms with E-state index in [1.807, 2.05) is 0 Å². The van der Waals surface area contributed by atoms with Crippen LogP contribution in [0.2, 0.25) is 0 Å². The zero-order chi connectivity index (χ0) is 14.0. The van der Waals surface area contributed by atoms with E-state index in [-0.39, 0.29) is 0 Å². The fraction of sp³-hybridized carbons (Fsp3) is 0.667. The molecule has 2 aliphatic rings. The van der Waals surface area contributed by atoms with Gasteiger partial charge < -0.3 is 5.32 Å².